The zero-order valence-corrected chi connectivity index (χ0v) is 25.9. The number of rotatable bonds is 3. The molecule has 0 aliphatic rings. The molecular weight excluding hydrogens is 593 g/mol. The molecule has 0 saturated carbocycles. The molecule has 7 aromatic carbocycles. The predicted octanol–water partition coefficient (Wildman–Crippen LogP) is 12.3. The number of nitriles is 1. The molecule has 0 amide bonds. The lowest BCUT2D eigenvalue weighted by atomic mass is 9.96. The smallest absolute Gasteiger partial charge is 0.136 e. The first-order valence-corrected chi connectivity index (χ1v) is 16.5. The number of fused-ring (bicyclic) bond motifs is 9. The van der Waals surface area contributed by atoms with Gasteiger partial charge < -0.3 is 8.98 Å². The van der Waals surface area contributed by atoms with Crippen LogP contribution in [0.25, 0.3) is 91.9 Å². The van der Waals surface area contributed by atoms with Crippen LogP contribution in [0.3, 0.4) is 0 Å². The van der Waals surface area contributed by atoms with E-state index in [0.717, 1.165) is 70.0 Å². The summed E-state index contributed by atoms with van der Waals surface area (Å²) in [7, 11) is 0. The number of hydrogen-bond donors (Lipinski definition) is 0. The summed E-state index contributed by atoms with van der Waals surface area (Å²) in [6, 6.07) is 53.7. The molecule has 0 N–H and O–H groups in total. The molecule has 10 rings (SSSR count). The molecule has 0 aliphatic carbocycles. The van der Waals surface area contributed by atoms with Crippen LogP contribution in [0.15, 0.2) is 150 Å². The van der Waals surface area contributed by atoms with Crippen molar-refractivity contribution in [1.82, 2.24) is 4.57 Å². The van der Waals surface area contributed by atoms with Crippen LogP contribution in [-0.2, 0) is 0 Å². The monoisotopic (exact) mass is 616 g/mol. The molecular formula is C43H24N2OS. The van der Waals surface area contributed by atoms with Gasteiger partial charge in [-0.1, -0.05) is 103 Å². The fourth-order valence-corrected chi connectivity index (χ4v) is 8.62. The molecule has 218 valence electrons. The Morgan fingerprint density at radius 1 is 0.511 bits per heavy atom. The van der Waals surface area contributed by atoms with E-state index in [2.05, 4.69) is 132 Å². The van der Waals surface area contributed by atoms with E-state index in [-0.39, 0.29) is 0 Å². The van der Waals surface area contributed by atoms with E-state index in [0.29, 0.717) is 5.56 Å². The maximum atomic E-state index is 10.3. The van der Waals surface area contributed by atoms with E-state index in [1.807, 2.05) is 24.3 Å². The first-order valence-electron chi connectivity index (χ1n) is 15.7. The van der Waals surface area contributed by atoms with Gasteiger partial charge in [-0.15, -0.1) is 11.3 Å². The molecule has 0 fully saturated rings. The Bertz CT molecular complexity index is 2920. The Labute approximate surface area is 273 Å². The first-order chi connectivity index (χ1) is 23.3. The molecule has 47 heavy (non-hydrogen) atoms. The highest BCUT2D eigenvalue weighted by Gasteiger charge is 2.20. The van der Waals surface area contributed by atoms with Crippen LogP contribution in [0.1, 0.15) is 5.56 Å². The SMILES string of the molecule is N#Cc1ccc(-c2ccc3c(c2)oc2ccccc23)c2c1sc1c(-n3c4ccccc4c4ccc(-c5ccccc5)cc43)cccc12. The standard InChI is InChI=1S/C43H24N2OS/c44-25-29-19-20-30(28-18-22-34-33-12-5-7-16-39(33)46-40(34)24-28)41-35-13-8-15-37(43(35)47-42(29)41)45-36-14-6-4-11-31(36)32-21-17-27(23-38(32)45)26-9-2-1-3-10-26/h1-24H. The number of benzene rings is 7. The predicted molar refractivity (Wildman–Crippen MR) is 197 cm³/mol. The number of aromatic nitrogens is 1. The lowest BCUT2D eigenvalue weighted by molar-refractivity contribution is 0.669. The van der Waals surface area contributed by atoms with Gasteiger partial charge in [0.25, 0.3) is 0 Å². The summed E-state index contributed by atoms with van der Waals surface area (Å²) >= 11 is 1.70. The van der Waals surface area contributed by atoms with Gasteiger partial charge >= 0.3 is 0 Å². The first kappa shape index (κ1) is 26.1. The van der Waals surface area contributed by atoms with Crippen LogP contribution < -0.4 is 0 Å². The van der Waals surface area contributed by atoms with Crippen molar-refractivity contribution in [2.75, 3.05) is 0 Å². The fourth-order valence-electron chi connectivity index (χ4n) is 7.33. The Balaban J connectivity index is 1.27. The number of thiophene rings is 1. The van der Waals surface area contributed by atoms with Crippen LogP contribution in [0.2, 0.25) is 0 Å². The highest BCUT2D eigenvalue weighted by atomic mass is 32.1. The summed E-state index contributed by atoms with van der Waals surface area (Å²) in [5, 5.41) is 17.2. The molecule has 3 nitrogen and oxygen atoms in total. The minimum absolute atomic E-state index is 0.689. The molecule has 3 heterocycles. The number of furan rings is 1. The highest BCUT2D eigenvalue weighted by Crippen LogP contribution is 2.46. The Morgan fingerprint density at radius 3 is 2.13 bits per heavy atom. The van der Waals surface area contributed by atoms with Crippen LogP contribution in [0.5, 0.6) is 0 Å². The van der Waals surface area contributed by atoms with E-state index in [9.17, 15) is 5.26 Å². The minimum atomic E-state index is 0.689. The summed E-state index contributed by atoms with van der Waals surface area (Å²) in [6.45, 7) is 0. The molecule has 0 spiro atoms. The van der Waals surface area contributed by atoms with Gasteiger partial charge in [0, 0.05) is 32.3 Å². The average Bonchev–Trinajstić information content (AvgIpc) is 3.81. The van der Waals surface area contributed by atoms with Crippen molar-refractivity contribution in [3.8, 4) is 34.0 Å². The van der Waals surface area contributed by atoms with Crippen molar-refractivity contribution < 1.29 is 4.42 Å². The van der Waals surface area contributed by atoms with E-state index < -0.39 is 0 Å². The molecule has 0 atom stereocenters. The minimum Gasteiger partial charge on any atom is -0.456 e. The third-order valence-corrected chi connectivity index (χ3v) is 10.7. The second-order valence-electron chi connectivity index (χ2n) is 12.0. The zero-order chi connectivity index (χ0) is 31.1. The van der Waals surface area contributed by atoms with Gasteiger partial charge in [0.15, 0.2) is 0 Å². The quantitative estimate of drug-likeness (QED) is 0.198. The number of hydrogen-bond acceptors (Lipinski definition) is 3. The van der Waals surface area contributed by atoms with E-state index >= 15 is 0 Å². The highest BCUT2D eigenvalue weighted by molar-refractivity contribution is 7.26. The van der Waals surface area contributed by atoms with Gasteiger partial charge in [0.05, 0.1) is 31.7 Å². The summed E-state index contributed by atoms with van der Waals surface area (Å²) in [5.74, 6) is 0. The second-order valence-corrected chi connectivity index (χ2v) is 13.0. The summed E-state index contributed by atoms with van der Waals surface area (Å²) < 4.78 is 10.8. The zero-order valence-electron chi connectivity index (χ0n) is 25.1. The van der Waals surface area contributed by atoms with E-state index in [4.69, 9.17) is 4.42 Å². The van der Waals surface area contributed by atoms with E-state index in [1.54, 1.807) is 11.3 Å². The largest absolute Gasteiger partial charge is 0.456 e. The third-order valence-electron chi connectivity index (χ3n) is 9.46. The van der Waals surface area contributed by atoms with Crippen molar-refractivity contribution in [2.24, 2.45) is 0 Å². The topological polar surface area (TPSA) is 41.9 Å². The van der Waals surface area contributed by atoms with Crippen molar-refractivity contribution in [2.45, 2.75) is 0 Å². The van der Waals surface area contributed by atoms with Crippen LogP contribution in [-0.4, -0.2) is 4.57 Å². The van der Waals surface area contributed by atoms with Crippen LogP contribution in [0.4, 0.5) is 0 Å². The maximum absolute atomic E-state index is 10.3. The molecule has 0 radical (unpaired) electrons. The van der Waals surface area contributed by atoms with Gasteiger partial charge in [0.1, 0.15) is 17.2 Å². The van der Waals surface area contributed by atoms with Crippen molar-refractivity contribution >= 4 is 75.3 Å². The van der Waals surface area contributed by atoms with E-state index in [1.165, 1.54) is 21.9 Å². The van der Waals surface area contributed by atoms with Crippen molar-refractivity contribution in [3.05, 3.63) is 151 Å². The van der Waals surface area contributed by atoms with Crippen molar-refractivity contribution in [1.29, 1.82) is 5.26 Å². The fraction of sp³-hybridized carbons (Fsp3) is 0. The second kappa shape index (κ2) is 9.92. The van der Waals surface area contributed by atoms with Gasteiger partial charge in [-0.25, -0.2) is 0 Å². The Hall–Kier alpha value is -6.15. The Morgan fingerprint density at radius 2 is 1.23 bits per heavy atom. The molecule has 0 aliphatic heterocycles. The molecule has 0 bridgehead atoms. The van der Waals surface area contributed by atoms with Crippen LogP contribution in [0, 0.1) is 11.3 Å². The van der Waals surface area contributed by atoms with Crippen LogP contribution >= 0.6 is 11.3 Å². The van der Waals surface area contributed by atoms with Gasteiger partial charge in [-0.3, -0.25) is 0 Å². The molecule has 3 aromatic heterocycles. The van der Waals surface area contributed by atoms with Gasteiger partial charge in [-0.2, -0.15) is 5.26 Å². The normalized spacial score (nSPS) is 11.8. The summed E-state index contributed by atoms with van der Waals surface area (Å²) in [5.41, 5.74) is 10.4. The molecule has 0 saturated heterocycles. The summed E-state index contributed by atoms with van der Waals surface area (Å²) in [6.07, 6.45) is 0. The number of nitrogens with zero attached hydrogens (tertiary/aromatic N) is 2. The lowest BCUT2D eigenvalue weighted by Crippen LogP contribution is -1.94. The molecule has 4 heteroatoms. The molecule has 10 aromatic rings. The lowest BCUT2D eigenvalue weighted by Gasteiger charge is -2.11. The maximum Gasteiger partial charge on any atom is 0.136 e. The number of para-hydroxylation sites is 2. The Kier molecular flexibility index (Phi) is 5.51. The van der Waals surface area contributed by atoms with Gasteiger partial charge in [0.2, 0.25) is 0 Å². The summed E-state index contributed by atoms with van der Waals surface area (Å²) in [4.78, 5) is 0. The third kappa shape index (κ3) is 3.78. The van der Waals surface area contributed by atoms with Gasteiger partial charge in [-0.05, 0) is 64.7 Å². The van der Waals surface area contributed by atoms with Crippen molar-refractivity contribution in [3.63, 3.8) is 0 Å². The average molecular weight is 617 g/mol. The molecule has 0 unspecified atom stereocenters.